The molecule has 2 rings (SSSR count). The fourth-order valence-corrected chi connectivity index (χ4v) is 1.36. The topological polar surface area (TPSA) is 20.1 Å². The smallest absolute Gasteiger partial charge is 0.138 e. The number of hydrogen-bond donors (Lipinski definition) is 0. The summed E-state index contributed by atoms with van der Waals surface area (Å²) in [6.45, 7) is -2.07. The van der Waals surface area contributed by atoms with Crippen LogP contribution in [0.3, 0.4) is 0 Å². The summed E-state index contributed by atoms with van der Waals surface area (Å²) in [6, 6.07) is -0.306. The molecule has 0 aromatic carbocycles. The Bertz CT molecular complexity index is 211. The van der Waals surface area contributed by atoms with Crippen molar-refractivity contribution in [3.63, 3.8) is 0 Å². The molecule has 1 heterocycles. The van der Waals surface area contributed by atoms with Crippen molar-refractivity contribution in [2.75, 3.05) is 6.98 Å². The number of aldehydes is 1. The molecule has 0 bridgehead atoms. The lowest BCUT2D eigenvalue weighted by Crippen LogP contribution is -1.95. The van der Waals surface area contributed by atoms with Crippen molar-refractivity contribution in [1.29, 1.82) is 0 Å². The van der Waals surface area contributed by atoms with Crippen LogP contribution in [0.5, 0.6) is 0 Å². The highest BCUT2D eigenvalue weighted by atomic mass is 16.1. The Labute approximate surface area is 59.1 Å². The maximum absolute atomic E-state index is 10.5. The Kier molecular flexibility index (Phi) is 0.548. The molecule has 0 amide bonds. The number of nitrogens with zero attached hydrogens (tertiary/aromatic N) is 1. The molecule has 3 atom stereocenters. The molecule has 0 aromatic heterocycles. The van der Waals surface area contributed by atoms with Gasteiger partial charge in [-0.05, 0) is 25.7 Å². The Morgan fingerprint density at radius 2 is 2.56 bits per heavy atom. The van der Waals surface area contributed by atoms with Gasteiger partial charge in [-0.1, -0.05) is 0 Å². The van der Waals surface area contributed by atoms with Gasteiger partial charge in [-0.3, -0.25) is 4.90 Å². The van der Waals surface area contributed by atoms with Crippen LogP contribution in [0.1, 0.15) is 17.0 Å². The predicted molar refractivity (Wildman–Crippen MR) is 34.1 cm³/mol. The molecule has 1 aliphatic carbocycles. The highest BCUT2D eigenvalue weighted by Crippen LogP contribution is 2.44. The van der Waals surface area contributed by atoms with Gasteiger partial charge in [-0.15, -0.1) is 0 Å². The van der Waals surface area contributed by atoms with Crippen LogP contribution in [0.4, 0.5) is 0 Å². The minimum atomic E-state index is -2.07. The van der Waals surface area contributed by atoms with Crippen molar-refractivity contribution < 1.29 is 8.91 Å². The lowest BCUT2D eigenvalue weighted by molar-refractivity contribution is -0.108. The van der Waals surface area contributed by atoms with E-state index in [0.717, 1.165) is 19.1 Å². The van der Waals surface area contributed by atoms with E-state index in [2.05, 4.69) is 0 Å². The quantitative estimate of drug-likeness (QED) is 0.393. The monoisotopic (exact) mass is 128 g/mol. The maximum atomic E-state index is 10.5. The van der Waals surface area contributed by atoms with E-state index < -0.39 is 6.98 Å². The van der Waals surface area contributed by atoms with E-state index in [1.807, 2.05) is 0 Å². The van der Waals surface area contributed by atoms with Gasteiger partial charge in [0, 0.05) is 10.2 Å². The van der Waals surface area contributed by atoms with E-state index in [-0.39, 0.29) is 12.1 Å². The van der Waals surface area contributed by atoms with Gasteiger partial charge in [0.1, 0.15) is 6.29 Å². The third kappa shape index (κ3) is 0.697. The number of carbonyl (C=O) groups is 1. The summed E-state index contributed by atoms with van der Waals surface area (Å²) in [6.07, 6.45) is 2.93. The number of carbonyl (C=O) groups excluding carboxylic acids is 1. The zero-order valence-electron chi connectivity index (χ0n) is 8.08. The highest BCUT2D eigenvalue weighted by Gasteiger charge is 2.52. The molecule has 0 spiro atoms. The molecule has 0 radical (unpaired) electrons. The molecule has 2 fully saturated rings. The van der Waals surface area contributed by atoms with Crippen LogP contribution in [0.25, 0.3) is 0 Å². The predicted octanol–water partition coefficient (Wildman–Crippen LogP) is 0.278. The highest BCUT2D eigenvalue weighted by molar-refractivity contribution is 5.64. The molecule has 2 aliphatic rings. The minimum Gasteiger partial charge on any atom is -0.302 e. The van der Waals surface area contributed by atoms with Crippen LogP contribution in [0, 0.1) is 5.92 Å². The van der Waals surface area contributed by atoms with E-state index in [0.29, 0.717) is 5.92 Å². The van der Waals surface area contributed by atoms with Crippen molar-refractivity contribution >= 4 is 6.29 Å². The lowest BCUT2D eigenvalue weighted by atomic mass is 10.2. The van der Waals surface area contributed by atoms with Gasteiger partial charge in [0.25, 0.3) is 0 Å². The summed E-state index contributed by atoms with van der Waals surface area (Å²) < 4.78 is 21.4. The average Bonchev–Trinajstić information content (AvgIpc) is 2.80. The van der Waals surface area contributed by atoms with Crippen LogP contribution in [0.15, 0.2) is 0 Å². The molecular formula is C7H11NO. The Morgan fingerprint density at radius 3 is 2.89 bits per heavy atom. The van der Waals surface area contributed by atoms with Gasteiger partial charge >= 0.3 is 0 Å². The fraction of sp³-hybridized carbons (Fsp3) is 0.857. The molecule has 1 saturated carbocycles. The summed E-state index contributed by atoms with van der Waals surface area (Å²) >= 11 is 0. The first-order chi connectivity index (χ1) is 5.55. The first-order valence-electron chi connectivity index (χ1n) is 4.79. The summed E-state index contributed by atoms with van der Waals surface area (Å²) in [5.41, 5.74) is 0. The minimum absolute atomic E-state index is 0.0231. The van der Waals surface area contributed by atoms with Gasteiger partial charge in [-0.25, -0.2) is 0 Å². The third-order valence-corrected chi connectivity index (χ3v) is 2.15. The molecule has 50 valence electrons. The van der Waals surface area contributed by atoms with Crippen molar-refractivity contribution in [1.82, 2.24) is 4.90 Å². The number of likely N-dealkylation sites (N-methyl/N-ethyl adjacent to an activating group) is 1. The standard InChI is InChI=1S/C7H11NO/c1-8-6(4-9)7(8)5-2-3-5/h4-7H,2-3H2,1H3/t6-,7+,8?/m0/s1/i1D3. The van der Waals surface area contributed by atoms with Crippen molar-refractivity contribution in [3.05, 3.63) is 0 Å². The van der Waals surface area contributed by atoms with Crippen LogP contribution in [0.2, 0.25) is 0 Å². The largest absolute Gasteiger partial charge is 0.302 e. The molecule has 0 N–H and O–H groups in total. The molecule has 1 aliphatic heterocycles. The Hall–Kier alpha value is -0.370. The van der Waals surface area contributed by atoms with Crippen molar-refractivity contribution in [2.45, 2.75) is 24.9 Å². The van der Waals surface area contributed by atoms with Gasteiger partial charge < -0.3 is 4.79 Å². The summed E-state index contributed by atoms with van der Waals surface area (Å²) in [7, 11) is 0. The Morgan fingerprint density at radius 1 is 1.78 bits per heavy atom. The van der Waals surface area contributed by atoms with Crippen molar-refractivity contribution in [3.8, 4) is 0 Å². The normalized spacial score (nSPS) is 55.1. The van der Waals surface area contributed by atoms with Gasteiger partial charge in [0.15, 0.2) is 0 Å². The molecular weight excluding hydrogens is 114 g/mol. The second kappa shape index (κ2) is 1.57. The van der Waals surface area contributed by atoms with Gasteiger partial charge in [-0.2, -0.15) is 0 Å². The van der Waals surface area contributed by atoms with Crippen LogP contribution in [-0.2, 0) is 4.79 Å². The third-order valence-electron chi connectivity index (χ3n) is 2.15. The average molecular weight is 128 g/mol. The molecule has 2 nitrogen and oxygen atoms in total. The first kappa shape index (κ1) is 3.15. The van der Waals surface area contributed by atoms with E-state index >= 15 is 0 Å². The van der Waals surface area contributed by atoms with E-state index in [1.165, 1.54) is 4.90 Å². The van der Waals surface area contributed by atoms with Gasteiger partial charge in [0.05, 0.1) is 6.04 Å². The molecule has 0 aromatic rings. The second-order valence-electron chi connectivity index (χ2n) is 2.86. The maximum Gasteiger partial charge on any atom is 0.138 e. The lowest BCUT2D eigenvalue weighted by Gasteiger charge is -1.85. The molecule has 1 unspecified atom stereocenters. The van der Waals surface area contributed by atoms with Crippen molar-refractivity contribution in [2.24, 2.45) is 5.92 Å². The molecule has 9 heavy (non-hydrogen) atoms. The second-order valence-corrected chi connectivity index (χ2v) is 2.86. The number of hydrogen-bond acceptors (Lipinski definition) is 2. The first-order valence-corrected chi connectivity index (χ1v) is 3.29. The van der Waals surface area contributed by atoms with Crippen LogP contribution in [-0.4, -0.2) is 30.2 Å². The van der Waals surface area contributed by atoms with E-state index in [4.69, 9.17) is 4.11 Å². The zero-order chi connectivity index (χ0) is 8.93. The summed E-state index contributed by atoms with van der Waals surface area (Å²) in [5, 5.41) is 0. The fourth-order valence-electron chi connectivity index (χ4n) is 1.36. The molecule has 1 saturated heterocycles. The van der Waals surface area contributed by atoms with E-state index in [9.17, 15) is 4.79 Å². The summed E-state index contributed by atoms with van der Waals surface area (Å²) in [4.78, 5) is 11.8. The van der Waals surface area contributed by atoms with Crippen LogP contribution >= 0.6 is 0 Å². The SMILES string of the molecule is [2H]C([2H])([2H])N1[C@H](C2CC2)[C@@H]1C=O. The van der Waals surface area contributed by atoms with Crippen LogP contribution < -0.4 is 0 Å². The van der Waals surface area contributed by atoms with E-state index in [1.54, 1.807) is 0 Å². The Balaban J connectivity index is 2.03. The molecule has 2 heteroatoms. The summed E-state index contributed by atoms with van der Waals surface area (Å²) in [5.74, 6) is 0.473. The zero-order valence-corrected chi connectivity index (χ0v) is 5.08. The van der Waals surface area contributed by atoms with Gasteiger partial charge in [0.2, 0.25) is 0 Å². The number of rotatable bonds is 2.